The SMILES string of the molecule is [NH3+]C1CCc2cc(F)c(O)cc2C1. The quantitative estimate of drug-likeness (QED) is 0.607. The van der Waals surface area contributed by atoms with E-state index in [1.807, 2.05) is 0 Å². The Labute approximate surface area is 76.2 Å². The Morgan fingerprint density at radius 2 is 2.15 bits per heavy atom. The molecule has 0 fully saturated rings. The van der Waals surface area contributed by atoms with Gasteiger partial charge in [0.05, 0.1) is 6.04 Å². The van der Waals surface area contributed by atoms with Crippen molar-refractivity contribution in [1.29, 1.82) is 0 Å². The molecule has 0 spiro atoms. The van der Waals surface area contributed by atoms with Crippen molar-refractivity contribution in [1.82, 2.24) is 0 Å². The van der Waals surface area contributed by atoms with E-state index in [-0.39, 0.29) is 5.75 Å². The summed E-state index contributed by atoms with van der Waals surface area (Å²) in [7, 11) is 0. The number of aryl methyl sites for hydroxylation is 1. The van der Waals surface area contributed by atoms with Crippen molar-refractivity contribution in [2.45, 2.75) is 25.3 Å². The molecule has 0 heterocycles. The summed E-state index contributed by atoms with van der Waals surface area (Å²) in [6.45, 7) is 0. The number of quaternary nitrogens is 1. The zero-order valence-electron chi connectivity index (χ0n) is 7.39. The van der Waals surface area contributed by atoms with E-state index in [2.05, 4.69) is 5.73 Å². The highest BCUT2D eigenvalue weighted by Gasteiger charge is 2.19. The molecular weight excluding hydrogens is 169 g/mol. The van der Waals surface area contributed by atoms with Crippen LogP contribution < -0.4 is 5.73 Å². The van der Waals surface area contributed by atoms with Crippen molar-refractivity contribution in [3.05, 3.63) is 29.1 Å². The van der Waals surface area contributed by atoms with Gasteiger partial charge in [0.2, 0.25) is 0 Å². The number of phenols is 1. The van der Waals surface area contributed by atoms with Crippen LogP contribution in [0.2, 0.25) is 0 Å². The van der Waals surface area contributed by atoms with Gasteiger partial charge in [-0.15, -0.1) is 0 Å². The number of rotatable bonds is 0. The molecule has 0 radical (unpaired) electrons. The van der Waals surface area contributed by atoms with Gasteiger partial charge in [0.25, 0.3) is 0 Å². The molecule has 1 aromatic rings. The van der Waals surface area contributed by atoms with Crippen LogP contribution in [0.5, 0.6) is 5.75 Å². The van der Waals surface area contributed by atoms with E-state index in [0.717, 1.165) is 30.4 Å². The van der Waals surface area contributed by atoms with E-state index in [1.165, 1.54) is 12.1 Å². The smallest absolute Gasteiger partial charge is 0.165 e. The maximum Gasteiger partial charge on any atom is 0.165 e. The Balaban J connectivity index is 2.43. The van der Waals surface area contributed by atoms with E-state index < -0.39 is 5.82 Å². The summed E-state index contributed by atoms with van der Waals surface area (Å²) in [5.74, 6) is -0.755. The van der Waals surface area contributed by atoms with E-state index >= 15 is 0 Å². The highest BCUT2D eigenvalue weighted by molar-refractivity contribution is 5.38. The van der Waals surface area contributed by atoms with Crippen LogP contribution in [0.25, 0.3) is 0 Å². The molecule has 2 nitrogen and oxygen atoms in total. The fourth-order valence-electron chi connectivity index (χ4n) is 1.84. The van der Waals surface area contributed by atoms with E-state index in [4.69, 9.17) is 5.11 Å². The minimum atomic E-state index is -0.513. The van der Waals surface area contributed by atoms with Crippen molar-refractivity contribution >= 4 is 0 Å². The van der Waals surface area contributed by atoms with Gasteiger partial charge in [-0.05, 0) is 29.7 Å². The Kier molecular flexibility index (Phi) is 1.96. The first-order valence-corrected chi connectivity index (χ1v) is 4.50. The molecule has 2 rings (SSSR count). The number of hydrogen-bond acceptors (Lipinski definition) is 1. The molecule has 1 unspecified atom stereocenters. The molecule has 1 aromatic carbocycles. The second kappa shape index (κ2) is 3.00. The van der Waals surface area contributed by atoms with Crippen LogP contribution in [0.1, 0.15) is 17.5 Å². The van der Waals surface area contributed by atoms with Crippen LogP contribution in [0.4, 0.5) is 4.39 Å². The maximum atomic E-state index is 12.9. The Morgan fingerprint density at radius 3 is 2.92 bits per heavy atom. The summed E-state index contributed by atoms with van der Waals surface area (Å²) in [5.41, 5.74) is 6.04. The summed E-state index contributed by atoms with van der Waals surface area (Å²) >= 11 is 0. The molecule has 0 aromatic heterocycles. The normalized spacial score (nSPS) is 21.2. The lowest BCUT2D eigenvalue weighted by molar-refractivity contribution is -0.421. The van der Waals surface area contributed by atoms with Crippen molar-refractivity contribution < 1.29 is 15.2 Å². The molecule has 4 N–H and O–H groups in total. The van der Waals surface area contributed by atoms with Gasteiger partial charge >= 0.3 is 0 Å². The molecule has 0 saturated heterocycles. The topological polar surface area (TPSA) is 47.9 Å². The molecular formula is C10H13FNO+. The highest BCUT2D eigenvalue weighted by Crippen LogP contribution is 2.26. The first-order valence-electron chi connectivity index (χ1n) is 4.50. The maximum absolute atomic E-state index is 12.9. The lowest BCUT2D eigenvalue weighted by Gasteiger charge is -2.19. The van der Waals surface area contributed by atoms with Crippen LogP contribution in [-0.2, 0) is 12.8 Å². The summed E-state index contributed by atoms with van der Waals surface area (Å²) in [6, 6.07) is 3.37. The number of benzene rings is 1. The molecule has 1 atom stereocenters. The Bertz CT molecular complexity index is 338. The molecule has 0 saturated carbocycles. The summed E-state index contributed by atoms with van der Waals surface area (Å²) in [4.78, 5) is 0. The zero-order valence-corrected chi connectivity index (χ0v) is 7.39. The van der Waals surface area contributed by atoms with Crippen molar-refractivity contribution in [3.63, 3.8) is 0 Å². The summed E-state index contributed by atoms with van der Waals surface area (Å²) in [5, 5.41) is 9.17. The summed E-state index contributed by atoms with van der Waals surface area (Å²) in [6.07, 6.45) is 2.74. The van der Waals surface area contributed by atoms with E-state index in [0.29, 0.717) is 6.04 Å². The number of halogens is 1. The molecule has 0 aliphatic heterocycles. The summed E-state index contributed by atoms with van der Waals surface area (Å²) < 4.78 is 12.9. The molecule has 13 heavy (non-hydrogen) atoms. The van der Waals surface area contributed by atoms with Crippen LogP contribution in [-0.4, -0.2) is 11.1 Å². The third-order valence-corrected chi connectivity index (χ3v) is 2.60. The molecule has 1 aliphatic carbocycles. The van der Waals surface area contributed by atoms with E-state index in [9.17, 15) is 4.39 Å². The van der Waals surface area contributed by atoms with Crippen LogP contribution >= 0.6 is 0 Å². The monoisotopic (exact) mass is 182 g/mol. The second-order valence-corrected chi connectivity index (χ2v) is 3.68. The van der Waals surface area contributed by atoms with Gasteiger partial charge in [-0.1, -0.05) is 0 Å². The number of aromatic hydroxyl groups is 1. The predicted molar refractivity (Wildman–Crippen MR) is 46.8 cm³/mol. The molecule has 70 valence electrons. The Hall–Kier alpha value is -1.09. The van der Waals surface area contributed by atoms with Crippen molar-refractivity contribution in [2.75, 3.05) is 0 Å². The van der Waals surface area contributed by atoms with Crippen LogP contribution in [0, 0.1) is 5.82 Å². The minimum absolute atomic E-state index is 0.243. The lowest BCUT2D eigenvalue weighted by Crippen LogP contribution is -2.62. The first kappa shape index (κ1) is 8.51. The third-order valence-electron chi connectivity index (χ3n) is 2.60. The fourth-order valence-corrected chi connectivity index (χ4v) is 1.84. The van der Waals surface area contributed by atoms with Gasteiger partial charge in [-0.2, -0.15) is 0 Å². The molecule has 1 aliphatic rings. The fraction of sp³-hybridized carbons (Fsp3) is 0.400. The molecule has 0 bridgehead atoms. The van der Waals surface area contributed by atoms with Gasteiger partial charge in [0.1, 0.15) is 0 Å². The van der Waals surface area contributed by atoms with Crippen LogP contribution in [0.15, 0.2) is 12.1 Å². The van der Waals surface area contributed by atoms with Gasteiger partial charge in [-0.25, -0.2) is 4.39 Å². The van der Waals surface area contributed by atoms with Gasteiger partial charge in [0, 0.05) is 12.8 Å². The average molecular weight is 182 g/mol. The third kappa shape index (κ3) is 1.52. The second-order valence-electron chi connectivity index (χ2n) is 3.68. The molecule has 3 heteroatoms. The standard InChI is InChI=1S/C10H12FNO/c11-9-4-6-1-2-8(12)3-7(6)5-10(9)13/h4-5,8,13H,1-3,12H2/p+1. The van der Waals surface area contributed by atoms with Gasteiger partial charge in [0.15, 0.2) is 11.6 Å². The molecule has 0 amide bonds. The Morgan fingerprint density at radius 1 is 1.38 bits per heavy atom. The minimum Gasteiger partial charge on any atom is -0.505 e. The predicted octanol–water partition coefficient (Wildman–Crippen LogP) is 0.631. The largest absolute Gasteiger partial charge is 0.505 e. The van der Waals surface area contributed by atoms with Crippen LogP contribution in [0.3, 0.4) is 0 Å². The zero-order chi connectivity index (χ0) is 9.42. The van der Waals surface area contributed by atoms with Crippen molar-refractivity contribution in [2.24, 2.45) is 0 Å². The van der Waals surface area contributed by atoms with Gasteiger partial charge in [-0.3, -0.25) is 0 Å². The number of phenolic OH excluding ortho intramolecular Hbond substituents is 1. The number of hydrogen-bond donors (Lipinski definition) is 2. The van der Waals surface area contributed by atoms with Gasteiger partial charge < -0.3 is 10.8 Å². The lowest BCUT2D eigenvalue weighted by atomic mass is 9.88. The highest BCUT2D eigenvalue weighted by atomic mass is 19.1. The van der Waals surface area contributed by atoms with E-state index in [1.54, 1.807) is 0 Å². The average Bonchev–Trinajstić information content (AvgIpc) is 2.08. The number of fused-ring (bicyclic) bond motifs is 1. The first-order chi connectivity index (χ1) is 6.16. The van der Waals surface area contributed by atoms with Crippen molar-refractivity contribution in [3.8, 4) is 5.75 Å².